The fourth-order valence-electron chi connectivity index (χ4n) is 3.21. The number of aryl methyl sites for hydroxylation is 2. The number of hydrogen-bond acceptors (Lipinski definition) is 4. The molecule has 1 fully saturated rings. The van der Waals surface area contributed by atoms with Gasteiger partial charge in [0.2, 0.25) is 0 Å². The maximum atomic E-state index is 11.8. The number of anilines is 1. The van der Waals surface area contributed by atoms with Gasteiger partial charge in [0.1, 0.15) is 17.4 Å². The quantitative estimate of drug-likeness (QED) is 0.892. The van der Waals surface area contributed by atoms with Crippen molar-refractivity contribution < 1.29 is 9.90 Å². The third-order valence-electron chi connectivity index (χ3n) is 4.22. The molecule has 0 bridgehead atoms. The Morgan fingerprint density at radius 2 is 2.29 bits per heavy atom. The third kappa shape index (κ3) is 2.99. The second-order valence-electron chi connectivity index (χ2n) is 6.13. The van der Waals surface area contributed by atoms with Crippen molar-refractivity contribution in [2.75, 3.05) is 5.32 Å². The van der Waals surface area contributed by atoms with Crippen molar-refractivity contribution in [3.63, 3.8) is 0 Å². The highest BCUT2D eigenvalue weighted by Crippen LogP contribution is 2.36. The minimum absolute atomic E-state index is 0.346. The van der Waals surface area contributed by atoms with Crippen LogP contribution in [0.2, 0.25) is 0 Å². The summed E-state index contributed by atoms with van der Waals surface area (Å²) in [5, 5.41) is 22.1. The highest BCUT2D eigenvalue weighted by Gasteiger charge is 2.42. The van der Waals surface area contributed by atoms with Crippen LogP contribution in [0.15, 0.2) is 6.07 Å². The van der Waals surface area contributed by atoms with Gasteiger partial charge in [0.15, 0.2) is 0 Å². The monoisotopic (exact) mass is 287 g/mol. The second-order valence-corrected chi connectivity index (χ2v) is 6.13. The van der Waals surface area contributed by atoms with E-state index in [-0.39, 0.29) is 0 Å². The summed E-state index contributed by atoms with van der Waals surface area (Å²) in [6.07, 6.45) is 3.03. The molecule has 5 nitrogen and oxygen atoms in total. The molecule has 0 radical (unpaired) electrons. The van der Waals surface area contributed by atoms with Crippen LogP contribution in [0.25, 0.3) is 0 Å². The number of carboxylic acids is 1. The van der Waals surface area contributed by atoms with Crippen molar-refractivity contribution in [3.8, 4) is 6.07 Å². The van der Waals surface area contributed by atoms with Crippen LogP contribution in [0.3, 0.4) is 0 Å². The van der Waals surface area contributed by atoms with Crippen LogP contribution in [0.1, 0.15) is 49.4 Å². The molecule has 112 valence electrons. The zero-order valence-electron chi connectivity index (χ0n) is 12.7. The molecule has 0 aliphatic heterocycles. The Balaban J connectivity index is 2.43. The average molecular weight is 287 g/mol. The summed E-state index contributed by atoms with van der Waals surface area (Å²) in [4.78, 5) is 16.2. The van der Waals surface area contributed by atoms with E-state index in [1.165, 1.54) is 0 Å². The topological polar surface area (TPSA) is 86.0 Å². The van der Waals surface area contributed by atoms with Crippen molar-refractivity contribution in [1.82, 2.24) is 4.98 Å². The van der Waals surface area contributed by atoms with E-state index in [1.54, 1.807) is 0 Å². The molecule has 2 atom stereocenters. The van der Waals surface area contributed by atoms with Crippen LogP contribution in [-0.2, 0) is 4.79 Å². The van der Waals surface area contributed by atoms with Gasteiger partial charge in [-0.25, -0.2) is 9.78 Å². The number of nitrogens with zero attached hydrogens (tertiary/aromatic N) is 2. The Kier molecular flexibility index (Phi) is 4.17. The van der Waals surface area contributed by atoms with Crippen LogP contribution in [0, 0.1) is 31.1 Å². The Morgan fingerprint density at radius 3 is 2.86 bits per heavy atom. The molecule has 5 heteroatoms. The molecule has 1 aliphatic rings. The standard InChI is InChI=1S/C16H21N3O2/c1-10-5-4-6-16(8-10,15(20)21)19-14-13(9-17)11(2)7-12(3)18-14/h7,10H,4-6,8H2,1-3H3,(H,18,19)(H,20,21). The number of aliphatic carboxylic acids is 1. The van der Waals surface area contributed by atoms with Crippen LogP contribution < -0.4 is 5.32 Å². The first-order valence-corrected chi connectivity index (χ1v) is 7.28. The van der Waals surface area contributed by atoms with E-state index in [2.05, 4.69) is 23.3 Å². The summed E-state index contributed by atoms with van der Waals surface area (Å²) in [5.41, 5.74) is 1.01. The molecule has 0 amide bonds. The number of rotatable bonds is 3. The van der Waals surface area contributed by atoms with Gasteiger partial charge in [-0.3, -0.25) is 0 Å². The lowest BCUT2D eigenvalue weighted by Gasteiger charge is -2.37. The summed E-state index contributed by atoms with van der Waals surface area (Å²) >= 11 is 0. The molecule has 0 aromatic carbocycles. The van der Waals surface area contributed by atoms with Crippen molar-refractivity contribution in [2.45, 2.75) is 52.0 Å². The number of nitrogens with one attached hydrogen (secondary N) is 1. The summed E-state index contributed by atoms with van der Waals surface area (Å²) < 4.78 is 0. The molecule has 2 unspecified atom stereocenters. The van der Waals surface area contributed by atoms with Gasteiger partial charge in [0.05, 0.1) is 5.56 Å². The van der Waals surface area contributed by atoms with Crippen molar-refractivity contribution in [2.24, 2.45) is 5.92 Å². The largest absolute Gasteiger partial charge is 0.480 e. The molecule has 2 N–H and O–H groups in total. The van der Waals surface area contributed by atoms with Gasteiger partial charge in [-0.05, 0) is 44.2 Å². The SMILES string of the molecule is Cc1cc(C)c(C#N)c(NC2(C(=O)O)CCCC(C)C2)n1. The fourth-order valence-corrected chi connectivity index (χ4v) is 3.21. The maximum absolute atomic E-state index is 11.8. The molecule has 0 saturated heterocycles. The highest BCUT2D eigenvalue weighted by atomic mass is 16.4. The molecular formula is C16H21N3O2. The van der Waals surface area contributed by atoms with E-state index in [0.717, 1.165) is 24.1 Å². The average Bonchev–Trinajstić information content (AvgIpc) is 2.38. The summed E-state index contributed by atoms with van der Waals surface area (Å²) in [7, 11) is 0. The van der Waals surface area contributed by atoms with E-state index in [4.69, 9.17) is 0 Å². The van der Waals surface area contributed by atoms with Crippen molar-refractivity contribution in [1.29, 1.82) is 5.26 Å². The van der Waals surface area contributed by atoms with Gasteiger partial charge in [-0.2, -0.15) is 5.26 Å². The molecule has 21 heavy (non-hydrogen) atoms. The number of pyridine rings is 1. The van der Waals surface area contributed by atoms with Gasteiger partial charge in [0, 0.05) is 5.69 Å². The number of aromatic nitrogens is 1. The van der Waals surface area contributed by atoms with E-state index < -0.39 is 11.5 Å². The Labute approximate surface area is 125 Å². The van der Waals surface area contributed by atoms with Gasteiger partial charge in [-0.1, -0.05) is 19.8 Å². The molecule has 1 aromatic rings. The van der Waals surface area contributed by atoms with Gasteiger partial charge in [-0.15, -0.1) is 0 Å². The Bertz CT molecular complexity index is 606. The third-order valence-corrected chi connectivity index (χ3v) is 4.22. The predicted molar refractivity (Wildman–Crippen MR) is 80.0 cm³/mol. The Hall–Kier alpha value is -2.09. The smallest absolute Gasteiger partial charge is 0.329 e. The van der Waals surface area contributed by atoms with Gasteiger partial charge < -0.3 is 10.4 Å². The number of carboxylic acid groups (broad SMARTS) is 1. The molecule has 2 rings (SSSR count). The fraction of sp³-hybridized carbons (Fsp3) is 0.562. The predicted octanol–water partition coefficient (Wildman–Crippen LogP) is 3.02. The molecular weight excluding hydrogens is 266 g/mol. The van der Waals surface area contributed by atoms with Crippen molar-refractivity contribution >= 4 is 11.8 Å². The van der Waals surface area contributed by atoms with Crippen LogP contribution >= 0.6 is 0 Å². The maximum Gasteiger partial charge on any atom is 0.329 e. The highest BCUT2D eigenvalue weighted by molar-refractivity contribution is 5.83. The molecule has 1 aromatic heterocycles. The van der Waals surface area contributed by atoms with Crippen LogP contribution in [0.5, 0.6) is 0 Å². The lowest BCUT2D eigenvalue weighted by atomic mass is 9.76. The van der Waals surface area contributed by atoms with E-state index in [9.17, 15) is 15.2 Å². The van der Waals surface area contributed by atoms with Gasteiger partial charge >= 0.3 is 5.97 Å². The minimum atomic E-state index is -1.02. The summed E-state index contributed by atoms with van der Waals surface area (Å²) in [6, 6.07) is 3.96. The lowest BCUT2D eigenvalue weighted by molar-refractivity contribution is -0.144. The number of nitriles is 1. The zero-order chi connectivity index (χ0) is 15.6. The van der Waals surface area contributed by atoms with E-state index in [0.29, 0.717) is 30.1 Å². The first-order valence-electron chi connectivity index (χ1n) is 7.28. The first kappa shape index (κ1) is 15.3. The van der Waals surface area contributed by atoms with Crippen LogP contribution in [-0.4, -0.2) is 21.6 Å². The van der Waals surface area contributed by atoms with Crippen LogP contribution in [0.4, 0.5) is 5.82 Å². The van der Waals surface area contributed by atoms with Gasteiger partial charge in [0.25, 0.3) is 0 Å². The second kappa shape index (κ2) is 5.72. The van der Waals surface area contributed by atoms with E-state index in [1.807, 2.05) is 19.9 Å². The number of hydrogen-bond donors (Lipinski definition) is 2. The summed E-state index contributed by atoms with van der Waals surface area (Å²) in [5.74, 6) is -0.121. The normalized spacial score (nSPS) is 25.1. The minimum Gasteiger partial charge on any atom is -0.480 e. The lowest BCUT2D eigenvalue weighted by Crippen LogP contribution is -2.50. The molecule has 1 heterocycles. The first-order chi connectivity index (χ1) is 9.88. The van der Waals surface area contributed by atoms with Crippen molar-refractivity contribution in [3.05, 3.63) is 22.9 Å². The Morgan fingerprint density at radius 1 is 1.57 bits per heavy atom. The molecule has 1 aliphatic carbocycles. The zero-order valence-corrected chi connectivity index (χ0v) is 12.7. The number of carbonyl (C=O) groups is 1. The molecule has 0 spiro atoms. The molecule has 1 saturated carbocycles. The summed E-state index contributed by atoms with van der Waals surface area (Å²) in [6.45, 7) is 5.75. The van der Waals surface area contributed by atoms with E-state index >= 15 is 0 Å².